The molecule has 2 heterocycles. The van der Waals surface area contributed by atoms with Crippen LogP contribution in [0.2, 0.25) is 0 Å². The van der Waals surface area contributed by atoms with Crippen molar-refractivity contribution in [3.63, 3.8) is 0 Å². The molecule has 2 atom stereocenters. The molecule has 0 aromatic carbocycles. The lowest BCUT2D eigenvalue weighted by molar-refractivity contribution is 0.0108. The third-order valence-electron chi connectivity index (χ3n) is 6.12. The molecule has 4 nitrogen and oxygen atoms in total. The van der Waals surface area contributed by atoms with Crippen LogP contribution in [0.1, 0.15) is 33.1 Å². The molecule has 0 bridgehead atoms. The Bertz CT molecular complexity index is 325. The van der Waals surface area contributed by atoms with Gasteiger partial charge in [0.25, 0.3) is 0 Å². The molecule has 1 saturated carbocycles. The highest BCUT2D eigenvalue weighted by atomic mass is 16.5. The highest BCUT2D eigenvalue weighted by Crippen LogP contribution is 2.56. The number of nitrogens with zero attached hydrogens (tertiary/aromatic N) is 2. The molecule has 0 radical (unpaired) electrons. The molecule has 0 aromatic rings. The Morgan fingerprint density at radius 3 is 2.53 bits per heavy atom. The molecule has 3 fully saturated rings. The van der Waals surface area contributed by atoms with E-state index in [0.29, 0.717) is 5.41 Å². The fraction of sp³-hybridized carbons (Fsp3) is 1.00. The van der Waals surface area contributed by atoms with Crippen LogP contribution in [0.5, 0.6) is 0 Å². The SMILES string of the molecule is CC1(C(C)(CN)N2CCC(N3CCOCC3)C2)CC1. The van der Waals surface area contributed by atoms with Crippen molar-refractivity contribution in [2.75, 3.05) is 45.9 Å². The lowest BCUT2D eigenvalue weighted by Gasteiger charge is -2.44. The molecule has 3 aliphatic rings. The zero-order valence-corrected chi connectivity index (χ0v) is 12.5. The summed E-state index contributed by atoms with van der Waals surface area (Å²) >= 11 is 0. The standard InChI is InChI=1S/C15H29N3O/c1-14(4-5-14)15(2,12-16)18-6-3-13(11-18)17-7-9-19-10-8-17/h13H,3-12,16H2,1-2H3. The lowest BCUT2D eigenvalue weighted by atomic mass is 9.82. The number of rotatable bonds is 4. The molecule has 2 saturated heterocycles. The summed E-state index contributed by atoms with van der Waals surface area (Å²) in [5.41, 5.74) is 6.82. The van der Waals surface area contributed by atoms with E-state index in [9.17, 15) is 0 Å². The first kappa shape index (κ1) is 13.8. The molecule has 3 rings (SSSR count). The minimum Gasteiger partial charge on any atom is -0.379 e. The second-order valence-electron chi connectivity index (χ2n) is 7.08. The molecule has 2 N–H and O–H groups in total. The van der Waals surface area contributed by atoms with Gasteiger partial charge in [0.05, 0.1) is 13.2 Å². The third kappa shape index (κ3) is 2.33. The van der Waals surface area contributed by atoms with Crippen LogP contribution in [-0.4, -0.2) is 67.3 Å². The van der Waals surface area contributed by atoms with E-state index >= 15 is 0 Å². The van der Waals surface area contributed by atoms with Crippen molar-refractivity contribution in [2.45, 2.75) is 44.7 Å². The van der Waals surface area contributed by atoms with Crippen LogP contribution in [0, 0.1) is 5.41 Å². The number of ether oxygens (including phenoxy) is 1. The van der Waals surface area contributed by atoms with Crippen LogP contribution in [0.3, 0.4) is 0 Å². The smallest absolute Gasteiger partial charge is 0.0594 e. The first-order chi connectivity index (χ1) is 9.09. The average molecular weight is 267 g/mol. The van der Waals surface area contributed by atoms with Crippen molar-refractivity contribution < 1.29 is 4.74 Å². The summed E-state index contributed by atoms with van der Waals surface area (Å²) in [6.45, 7) is 12.0. The lowest BCUT2D eigenvalue weighted by Crippen LogP contribution is -2.57. The van der Waals surface area contributed by atoms with Crippen molar-refractivity contribution >= 4 is 0 Å². The number of morpholine rings is 1. The maximum Gasteiger partial charge on any atom is 0.0594 e. The minimum absolute atomic E-state index is 0.202. The van der Waals surface area contributed by atoms with E-state index in [1.807, 2.05) is 0 Å². The molecule has 0 aromatic heterocycles. The van der Waals surface area contributed by atoms with Crippen LogP contribution >= 0.6 is 0 Å². The zero-order chi connectivity index (χ0) is 13.5. The van der Waals surface area contributed by atoms with E-state index in [1.54, 1.807) is 0 Å². The van der Waals surface area contributed by atoms with Gasteiger partial charge in [-0.3, -0.25) is 9.80 Å². The molecule has 2 unspecified atom stereocenters. The number of hydrogen-bond donors (Lipinski definition) is 1. The molecule has 1 aliphatic carbocycles. The largest absolute Gasteiger partial charge is 0.379 e. The predicted molar refractivity (Wildman–Crippen MR) is 77.2 cm³/mol. The quantitative estimate of drug-likeness (QED) is 0.822. The van der Waals surface area contributed by atoms with Crippen LogP contribution in [-0.2, 0) is 4.74 Å². The van der Waals surface area contributed by atoms with E-state index in [-0.39, 0.29) is 5.54 Å². The molecular formula is C15H29N3O. The number of likely N-dealkylation sites (tertiary alicyclic amines) is 1. The molecular weight excluding hydrogens is 238 g/mol. The maximum absolute atomic E-state index is 6.16. The second kappa shape index (κ2) is 4.99. The van der Waals surface area contributed by atoms with Crippen LogP contribution in [0.4, 0.5) is 0 Å². The highest BCUT2D eigenvalue weighted by molar-refractivity contribution is 5.11. The molecule has 2 aliphatic heterocycles. The Labute approximate surface area is 117 Å². The Morgan fingerprint density at radius 1 is 1.26 bits per heavy atom. The Morgan fingerprint density at radius 2 is 1.95 bits per heavy atom. The van der Waals surface area contributed by atoms with Crippen molar-refractivity contribution in [3.05, 3.63) is 0 Å². The summed E-state index contributed by atoms with van der Waals surface area (Å²) in [6, 6.07) is 0.720. The van der Waals surface area contributed by atoms with Crippen molar-refractivity contribution in [1.82, 2.24) is 9.80 Å². The fourth-order valence-corrected chi connectivity index (χ4v) is 3.91. The third-order valence-corrected chi connectivity index (χ3v) is 6.12. The van der Waals surface area contributed by atoms with Gasteiger partial charge >= 0.3 is 0 Å². The summed E-state index contributed by atoms with van der Waals surface area (Å²) in [6.07, 6.45) is 3.99. The van der Waals surface area contributed by atoms with Crippen LogP contribution < -0.4 is 5.73 Å². The summed E-state index contributed by atoms with van der Waals surface area (Å²) < 4.78 is 5.46. The Balaban J connectivity index is 1.64. The van der Waals surface area contributed by atoms with Gasteiger partial charge in [-0.2, -0.15) is 0 Å². The first-order valence-electron chi connectivity index (χ1n) is 7.86. The molecule has 0 amide bonds. The van der Waals surface area contributed by atoms with Gasteiger partial charge in [0.1, 0.15) is 0 Å². The fourth-order valence-electron chi connectivity index (χ4n) is 3.91. The average Bonchev–Trinajstić information content (AvgIpc) is 3.03. The van der Waals surface area contributed by atoms with Crippen LogP contribution in [0.15, 0.2) is 0 Å². The Kier molecular flexibility index (Phi) is 3.63. The number of nitrogens with two attached hydrogens (primary N) is 1. The molecule has 110 valence electrons. The highest BCUT2D eigenvalue weighted by Gasteiger charge is 2.56. The van der Waals surface area contributed by atoms with Crippen molar-refractivity contribution in [2.24, 2.45) is 11.1 Å². The molecule has 4 heteroatoms. The summed E-state index contributed by atoms with van der Waals surface area (Å²) in [4.78, 5) is 5.30. The molecule has 19 heavy (non-hydrogen) atoms. The van der Waals surface area contributed by atoms with Crippen LogP contribution in [0.25, 0.3) is 0 Å². The first-order valence-corrected chi connectivity index (χ1v) is 7.86. The summed E-state index contributed by atoms with van der Waals surface area (Å²) in [5.74, 6) is 0. The van der Waals surface area contributed by atoms with E-state index in [2.05, 4.69) is 23.6 Å². The van der Waals surface area contributed by atoms with Crippen molar-refractivity contribution in [1.29, 1.82) is 0 Å². The Hall–Kier alpha value is -0.160. The second-order valence-corrected chi connectivity index (χ2v) is 7.08. The van der Waals surface area contributed by atoms with Gasteiger partial charge in [-0.05, 0) is 31.6 Å². The van der Waals surface area contributed by atoms with E-state index < -0.39 is 0 Å². The van der Waals surface area contributed by atoms with Gasteiger partial charge in [-0.1, -0.05) is 6.92 Å². The maximum atomic E-state index is 6.16. The van der Waals surface area contributed by atoms with Gasteiger partial charge in [0, 0.05) is 44.3 Å². The van der Waals surface area contributed by atoms with Gasteiger partial charge in [0.15, 0.2) is 0 Å². The molecule has 0 spiro atoms. The summed E-state index contributed by atoms with van der Waals surface area (Å²) in [7, 11) is 0. The summed E-state index contributed by atoms with van der Waals surface area (Å²) in [5, 5.41) is 0. The normalized spacial score (nSPS) is 35.2. The van der Waals surface area contributed by atoms with E-state index in [4.69, 9.17) is 10.5 Å². The van der Waals surface area contributed by atoms with Gasteiger partial charge in [-0.15, -0.1) is 0 Å². The van der Waals surface area contributed by atoms with E-state index in [0.717, 1.165) is 38.9 Å². The predicted octanol–water partition coefficient (Wildman–Crippen LogP) is 0.910. The van der Waals surface area contributed by atoms with E-state index in [1.165, 1.54) is 32.4 Å². The van der Waals surface area contributed by atoms with Crippen molar-refractivity contribution in [3.8, 4) is 0 Å². The minimum atomic E-state index is 0.202. The number of hydrogen-bond acceptors (Lipinski definition) is 4. The van der Waals surface area contributed by atoms with Gasteiger partial charge < -0.3 is 10.5 Å². The zero-order valence-electron chi connectivity index (χ0n) is 12.5. The van der Waals surface area contributed by atoms with Gasteiger partial charge in [-0.25, -0.2) is 0 Å². The topological polar surface area (TPSA) is 41.7 Å². The van der Waals surface area contributed by atoms with Gasteiger partial charge in [0.2, 0.25) is 0 Å². The monoisotopic (exact) mass is 267 g/mol.